The number of halogens is 2. The Bertz CT molecular complexity index is 1070. The Balaban J connectivity index is 0.000000636. The molecule has 1 amide bonds. The van der Waals surface area contributed by atoms with Gasteiger partial charge in [0.25, 0.3) is 0 Å². The van der Waals surface area contributed by atoms with Crippen molar-refractivity contribution in [1.82, 2.24) is 5.32 Å². The molecule has 0 aromatic heterocycles. The van der Waals surface area contributed by atoms with E-state index in [2.05, 4.69) is 78.8 Å². The van der Waals surface area contributed by atoms with Gasteiger partial charge in [0.1, 0.15) is 0 Å². The maximum absolute atomic E-state index is 11.8. The molecule has 3 atom stereocenters. The van der Waals surface area contributed by atoms with E-state index >= 15 is 0 Å². The van der Waals surface area contributed by atoms with Crippen LogP contribution in [0.5, 0.6) is 0 Å². The lowest BCUT2D eigenvalue weighted by Gasteiger charge is -2.17. The van der Waals surface area contributed by atoms with Crippen LogP contribution in [0.4, 0.5) is 0 Å². The third-order valence-corrected chi connectivity index (χ3v) is 7.07. The van der Waals surface area contributed by atoms with Crippen LogP contribution >= 0.6 is 32.1 Å². The molecule has 0 aliphatic rings. The quantitative estimate of drug-likeness (QED) is 0.167. The van der Waals surface area contributed by atoms with Crippen LogP contribution < -0.4 is 5.32 Å². The molecule has 214 valence electrons. The SMILES string of the molecule is C=C(/C=C\C)NC(=O)C(C)C(C)C=C(C)C.CCC(C)=P.CC[C@H](Cc1ccc(Cl)cc1)c1ccc(Cl)cc1. The van der Waals surface area contributed by atoms with Crippen LogP contribution in [0.2, 0.25) is 10.0 Å². The van der Waals surface area contributed by atoms with Crippen molar-refractivity contribution in [1.29, 1.82) is 0 Å². The summed E-state index contributed by atoms with van der Waals surface area (Å²) in [6.07, 6.45) is 9.04. The second-order valence-corrected chi connectivity index (χ2v) is 11.8. The third kappa shape index (κ3) is 17.2. The van der Waals surface area contributed by atoms with Gasteiger partial charge in [0.05, 0.1) is 0 Å². The lowest BCUT2D eigenvalue weighted by atomic mass is 9.90. The molecule has 0 heterocycles. The molecule has 2 rings (SSSR count). The molecule has 1 N–H and O–H groups in total. The molecule has 0 spiro atoms. The lowest BCUT2D eigenvalue weighted by Crippen LogP contribution is -2.30. The first-order valence-corrected chi connectivity index (χ1v) is 14.9. The number of hydrogen-bond acceptors (Lipinski definition) is 1. The van der Waals surface area contributed by atoms with Crippen molar-refractivity contribution < 1.29 is 4.79 Å². The number of nitrogens with one attached hydrogen (secondary N) is 1. The predicted molar refractivity (Wildman–Crippen MR) is 179 cm³/mol. The smallest absolute Gasteiger partial charge is 0.227 e. The Morgan fingerprint density at radius 3 is 1.87 bits per heavy atom. The summed E-state index contributed by atoms with van der Waals surface area (Å²) < 4.78 is 0. The number of rotatable bonds is 10. The summed E-state index contributed by atoms with van der Waals surface area (Å²) in [5, 5.41) is 5.68. The predicted octanol–water partition coefficient (Wildman–Crippen LogP) is 10.9. The molecule has 0 radical (unpaired) electrons. The number of benzene rings is 2. The van der Waals surface area contributed by atoms with Gasteiger partial charge in [0.15, 0.2) is 0 Å². The molecule has 2 aromatic rings. The first kappa shape index (κ1) is 36.9. The second-order valence-electron chi connectivity index (χ2n) is 10.0. The molecule has 0 bridgehead atoms. The van der Waals surface area contributed by atoms with E-state index in [4.69, 9.17) is 23.2 Å². The minimum atomic E-state index is -0.0445. The zero-order chi connectivity index (χ0) is 30.0. The van der Waals surface area contributed by atoms with E-state index in [0.717, 1.165) is 29.3 Å². The molecule has 5 heteroatoms. The molecule has 2 nitrogen and oxygen atoms in total. The number of hydrogen-bond donors (Lipinski definition) is 1. The van der Waals surface area contributed by atoms with E-state index in [-0.39, 0.29) is 17.7 Å². The van der Waals surface area contributed by atoms with Gasteiger partial charge in [-0.15, -0.1) is 8.86 Å². The minimum Gasteiger partial charge on any atom is -0.326 e. The molecule has 2 aromatic carbocycles. The van der Waals surface area contributed by atoms with Crippen molar-refractivity contribution in [3.8, 4) is 0 Å². The van der Waals surface area contributed by atoms with Crippen molar-refractivity contribution >= 4 is 43.3 Å². The zero-order valence-electron chi connectivity index (χ0n) is 25.1. The van der Waals surface area contributed by atoms with Gasteiger partial charge in [-0.2, -0.15) is 0 Å². The van der Waals surface area contributed by atoms with Crippen LogP contribution in [0.25, 0.3) is 0 Å². The number of amides is 1. The average molecular weight is 589 g/mol. The van der Waals surface area contributed by atoms with Crippen molar-refractivity contribution in [3.05, 3.63) is 106 Å². The maximum atomic E-state index is 11.8. The summed E-state index contributed by atoms with van der Waals surface area (Å²) in [5.41, 5.74) is 4.54. The molecule has 0 aliphatic carbocycles. The van der Waals surface area contributed by atoms with E-state index < -0.39 is 0 Å². The van der Waals surface area contributed by atoms with Crippen LogP contribution in [0.3, 0.4) is 0 Å². The van der Waals surface area contributed by atoms with Gasteiger partial charge in [-0.3, -0.25) is 4.79 Å². The minimum absolute atomic E-state index is 0.0214. The largest absolute Gasteiger partial charge is 0.326 e. The molecule has 2 unspecified atom stereocenters. The highest BCUT2D eigenvalue weighted by Crippen LogP contribution is 2.26. The van der Waals surface area contributed by atoms with Gasteiger partial charge in [0, 0.05) is 21.7 Å². The summed E-state index contributed by atoms with van der Waals surface area (Å²) in [7, 11) is 3.33. The average Bonchev–Trinajstić information content (AvgIpc) is 2.89. The number of carbonyl (C=O) groups excluding carboxylic acids is 1. The highest BCUT2D eigenvalue weighted by Gasteiger charge is 2.18. The van der Waals surface area contributed by atoms with Gasteiger partial charge in [-0.25, -0.2) is 0 Å². The highest BCUT2D eigenvalue weighted by atomic mass is 35.5. The molecule has 39 heavy (non-hydrogen) atoms. The molecule has 0 saturated heterocycles. The Labute approximate surface area is 250 Å². The zero-order valence-corrected chi connectivity index (χ0v) is 27.6. The standard InChI is InChI=1S/C16H16Cl2.C14H23NO.C4H9P/c1-2-13(14-5-9-16(18)10-6-14)11-12-3-7-15(17)8-4-12;1-7-8-12(5)15-14(16)13(6)11(4)9-10(2)3;1-3-4(2)5/h3-10,13H,2,11H2,1H3;7-9,11,13H,5H2,1-4,6H3,(H,15,16);5H,3H2,1-2H3/b;8-7-;/t13-;;/m1../s1. The van der Waals surface area contributed by atoms with Crippen LogP contribution in [0, 0.1) is 11.8 Å². The Hall–Kier alpha value is -2.12. The van der Waals surface area contributed by atoms with Gasteiger partial charge < -0.3 is 5.32 Å². The number of carbonyl (C=O) groups is 1. The fourth-order valence-electron chi connectivity index (χ4n) is 3.56. The van der Waals surface area contributed by atoms with Crippen molar-refractivity contribution in [2.24, 2.45) is 11.8 Å². The normalized spacial score (nSPS) is 12.6. The van der Waals surface area contributed by atoms with E-state index in [9.17, 15) is 4.79 Å². The van der Waals surface area contributed by atoms with Gasteiger partial charge in [-0.05, 0) is 100 Å². The summed E-state index contributed by atoms with van der Waals surface area (Å²) >= 11 is 11.8. The Kier molecular flexibility index (Phi) is 19.6. The van der Waals surface area contributed by atoms with E-state index in [1.54, 1.807) is 6.08 Å². The first-order chi connectivity index (χ1) is 18.3. The lowest BCUT2D eigenvalue weighted by molar-refractivity contribution is -0.124. The summed E-state index contributed by atoms with van der Waals surface area (Å²) in [6.45, 7) is 20.1. The highest BCUT2D eigenvalue weighted by molar-refractivity contribution is 7.20. The van der Waals surface area contributed by atoms with Crippen LogP contribution in [-0.4, -0.2) is 11.2 Å². The summed E-state index contributed by atoms with van der Waals surface area (Å²) in [6, 6.07) is 16.3. The van der Waals surface area contributed by atoms with Crippen molar-refractivity contribution in [2.75, 3.05) is 0 Å². The third-order valence-electron chi connectivity index (χ3n) is 6.21. The molecule has 0 fully saturated rings. The molecule has 0 saturated carbocycles. The molecular weight excluding hydrogens is 540 g/mol. The maximum Gasteiger partial charge on any atom is 0.227 e. The fraction of sp³-hybridized carbons (Fsp3) is 0.412. The molecular formula is C34H48Cl2NOP. The van der Waals surface area contributed by atoms with Crippen LogP contribution in [-0.2, 0) is 11.2 Å². The fourth-order valence-corrected chi connectivity index (χ4v) is 3.81. The topological polar surface area (TPSA) is 29.1 Å². The van der Waals surface area contributed by atoms with Crippen LogP contribution in [0.1, 0.15) is 85.3 Å². The van der Waals surface area contributed by atoms with E-state index in [1.807, 2.05) is 58.0 Å². The van der Waals surface area contributed by atoms with Gasteiger partial charge in [0.2, 0.25) is 5.91 Å². The van der Waals surface area contributed by atoms with Crippen molar-refractivity contribution in [3.63, 3.8) is 0 Å². The van der Waals surface area contributed by atoms with Crippen LogP contribution in [0.15, 0.2) is 84.6 Å². The van der Waals surface area contributed by atoms with Crippen molar-refractivity contribution in [2.45, 2.75) is 80.6 Å². The summed E-state index contributed by atoms with van der Waals surface area (Å²) in [5.74, 6) is 0.747. The van der Waals surface area contributed by atoms with E-state index in [1.165, 1.54) is 22.0 Å². The second kappa shape index (κ2) is 20.7. The van der Waals surface area contributed by atoms with Gasteiger partial charge >= 0.3 is 0 Å². The van der Waals surface area contributed by atoms with E-state index in [0.29, 0.717) is 11.6 Å². The monoisotopic (exact) mass is 587 g/mol. The Morgan fingerprint density at radius 2 is 1.46 bits per heavy atom. The summed E-state index contributed by atoms with van der Waals surface area (Å²) in [4.78, 5) is 11.8. The molecule has 0 aliphatic heterocycles. The number of allylic oxidation sites excluding steroid dienone is 4. The Morgan fingerprint density at radius 1 is 0.974 bits per heavy atom. The van der Waals surface area contributed by atoms with Gasteiger partial charge in [-0.1, -0.05) is 105 Å². The first-order valence-electron chi connectivity index (χ1n) is 13.7.